The number of hydrogen-bond donors (Lipinski definition) is 2. The van der Waals surface area contributed by atoms with E-state index < -0.39 is 6.10 Å². The summed E-state index contributed by atoms with van der Waals surface area (Å²) in [7, 11) is 0. The van der Waals surface area contributed by atoms with E-state index in [2.05, 4.69) is 5.32 Å². The van der Waals surface area contributed by atoms with Crippen LogP contribution in [0.25, 0.3) is 0 Å². The molecule has 1 amide bonds. The van der Waals surface area contributed by atoms with Gasteiger partial charge in [-0.3, -0.25) is 4.79 Å². The van der Waals surface area contributed by atoms with Crippen molar-refractivity contribution in [3.8, 4) is 0 Å². The number of carbonyl (C=O) groups excluding carboxylic acids is 1. The Hall–Kier alpha value is -0.570. The fourth-order valence-corrected chi connectivity index (χ4v) is 4.00. The SMILES string of the molecule is O=C(NC1CC1C1CCCCC1)C1CCCC1O. The fourth-order valence-electron chi connectivity index (χ4n) is 4.00. The molecule has 0 bridgehead atoms. The second-order valence-corrected chi connectivity index (χ2v) is 6.52. The zero-order valence-electron chi connectivity index (χ0n) is 11.1. The summed E-state index contributed by atoms with van der Waals surface area (Å²) in [5, 5.41) is 12.9. The molecule has 3 nitrogen and oxygen atoms in total. The minimum atomic E-state index is -0.392. The third kappa shape index (κ3) is 2.56. The van der Waals surface area contributed by atoms with E-state index in [9.17, 15) is 9.90 Å². The van der Waals surface area contributed by atoms with Crippen molar-refractivity contribution in [2.75, 3.05) is 0 Å². The van der Waals surface area contributed by atoms with Gasteiger partial charge in [-0.15, -0.1) is 0 Å². The van der Waals surface area contributed by atoms with E-state index in [0.29, 0.717) is 6.04 Å². The molecule has 0 aromatic carbocycles. The monoisotopic (exact) mass is 251 g/mol. The van der Waals surface area contributed by atoms with Crippen LogP contribution in [-0.4, -0.2) is 23.2 Å². The minimum Gasteiger partial charge on any atom is -0.392 e. The molecule has 3 saturated carbocycles. The molecule has 0 spiro atoms. The number of aliphatic hydroxyl groups is 1. The summed E-state index contributed by atoms with van der Waals surface area (Å²) in [5.74, 6) is 1.59. The van der Waals surface area contributed by atoms with Crippen LogP contribution >= 0.6 is 0 Å². The van der Waals surface area contributed by atoms with E-state index in [1.165, 1.54) is 38.5 Å². The summed E-state index contributed by atoms with van der Waals surface area (Å²) in [4.78, 5) is 12.1. The molecule has 0 radical (unpaired) electrons. The van der Waals surface area contributed by atoms with Crippen LogP contribution in [0.4, 0.5) is 0 Å². The first-order valence-electron chi connectivity index (χ1n) is 7.74. The van der Waals surface area contributed by atoms with Crippen LogP contribution in [0.3, 0.4) is 0 Å². The van der Waals surface area contributed by atoms with Crippen LogP contribution in [0.5, 0.6) is 0 Å². The summed E-state index contributed by atoms with van der Waals surface area (Å²) < 4.78 is 0. The third-order valence-corrected chi connectivity index (χ3v) is 5.24. The van der Waals surface area contributed by atoms with Crippen LogP contribution in [0.15, 0.2) is 0 Å². The average molecular weight is 251 g/mol. The molecule has 3 aliphatic carbocycles. The van der Waals surface area contributed by atoms with Crippen molar-refractivity contribution in [3.63, 3.8) is 0 Å². The van der Waals surface area contributed by atoms with E-state index in [1.807, 2.05) is 0 Å². The molecule has 18 heavy (non-hydrogen) atoms. The van der Waals surface area contributed by atoms with Gasteiger partial charge in [0, 0.05) is 6.04 Å². The number of amides is 1. The smallest absolute Gasteiger partial charge is 0.225 e. The maximum atomic E-state index is 12.1. The van der Waals surface area contributed by atoms with Crippen molar-refractivity contribution >= 4 is 5.91 Å². The first-order chi connectivity index (χ1) is 8.75. The lowest BCUT2D eigenvalue weighted by atomic mass is 9.85. The van der Waals surface area contributed by atoms with Gasteiger partial charge >= 0.3 is 0 Å². The highest BCUT2D eigenvalue weighted by Crippen LogP contribution is 2.44. The fraction of sp³-hybridized carbons (Fsp3) is 0.933. The van der Waals surface area contributed by atoms with Crippen molar-refractivity contribution in [1.29, 1.82) is 0 Å². The number of hydrogen-bond acceptors (Lipinski definition) is 2. The molecule has 0 aromatic rings. The minimum absolute atomic E-state index is 0.114. The zero-order chi connectivity index (χ0) is 12.5. The lowest BCUT2D eigenvalue weighted by Gasteiger charge is -2.22. The van der Waals surface area contributed by atoms with Crippen LogP contribution in [0.1, 0.15) is 57.8 Å². The molecular formula is C15H25NO2. The highest BCUT2D eigenvalue weighted by molar-refractivity contribution is 5.80. The Labute approximate surface area is 109 Å². The van der Waals surface area contributed by atoms with Crippen molar-refractivity contribution in [3.05, 3.63) is 0 Å². The standard InChI is InChI=1S/C15H25NO2/c17-14-8-4-7-11(14)15(18)16-13-9-12(13)10-5-2-1-3-6-10/h10-14,17H,1-9H2,(H,16,18). The molecule has 0 aliphatic heterocycles. The van der Waals surface area contributed by atoms with E-state index in [0.717, 1.165) is 31.1 Å². The summed E-state index contributed by atoms with van der Waals surface area (Å²) in [5.41, 5.74) is 0. The quantitative estimate of drug-likeness (QED) is 0.808. The summed E-state index contributed by atoms with van der Waals surface area (Å²) in [6, 6.07) is 0.424. The molecule has 3 rings (SSSR count). The first-order valence-corrected chi connectivity index (χ1v) is 7.74. The molecule has 0 saturated heterocycles. The molecule has 3 aliphatic rings. The number of nitrogens with one attached hydrogen (secondary N) is 1. The van der Waals surface area contributed by atoms with E-state index in [-0.39, 0.29) is 11.8 Å². The summed E-state index contributed by atoms with van der Waals surface area (Å²) in [6.07, 6.45) is 10.3. The molecule has 4 atom stereocenters. The Morgan fingerprint density at radius 2 is 1.78 bits per heavy atom. The Balaban J connectivity index is 1.45. The Bertz CT molecular complexity index is 312. The van der Waals surface area contributed by atoms with E-state index in [4.69, 9.17) is 0 Å². The van der Waals surface area contributed by atoms with Gasteiger partial charge in [-0.2, -0.15) is 0 Å². The van der Waals surface area contributed by atoms with Crippen LogP contribution in [0.2, 0.25) is 0 Å². The molecule has 102 valence electrons. The highest BCUT2D eigenvalue weighted by Gasteiger charge is 2.45. The van der Waals surface area contributed by atoms with Crippen molar-refractivity contribution in [2.24, 2.45) is 17.8 Å². The predicted octanol–water partition coefficient (Wildman–Crippen LogP) is 2.23. The molecular weight excluding hydrogens is 226 g/mol. The van der Waals surface area contributed by atoms with Crippen molar-refractivity contribution < 1.29 is 9.90 Å². The number of rotatable bonds is 3. The molecule has 2 N–H and O–H groups in total. The second kappa shape index (κ2) is 5.20. The van der Waals surface area contributed by atoms with E-state index >= 15 is 0 Å². The Morgan fingerprint density at radius 1 is 1.00 bits per heavy atom. The maximum absolute atomic E-state index is 12.1. The number of aliphatic hydroxyl groups excluding tert-OH is 1. The second-order valence-electron chi connectivity index (χ2n) is 6.52. The van der Waals surface area contributed by atoms with E-state index in [1.54, 1.807) is 0 Å². The van der Waals surface area contributed by atoms with Crippen LogP contribution in [-0.2, 0) is 4.79 Å². The van der Waals surface area contributed by atoms with Gasteiger partial charge in [0.15, 0.2) is 0 Å². The van der Waals surface area contributed by atoms with Crippen LogP contribution < -0.4 is 5.32 Å². The Kier molecular flexibility index (Phi) is 3.60. The van der Waals surface area contributed by atoms with Crippen molar-refractivity contribution in [1.82, 2.24) is 5.32 Å². The van der Waals surface area contributed by atoms with Gasteiger partial charge in [0.25, 0.3) is 0 Å². The third-order valence-electron chi connectivity index (χ3n) is 5.24. The average Bonchev–Trinajstić information content (AvgIpc) is 3.01. The normalized spacial score (nSPS) is 40.7. The van der Waals surface area contributed by atoms with Crippen LogP contribution in [0, 0.1) is 17.8 Å². The topological polar surface area (TPSA) is 49.3 Å². The predicted molar refractivity (Wildman–Crippen MR) is 70.0 cm³/mol. The summed E-state index contributed by atoms with van der Waals surface area (Å²) >= 11 is 0. The van der Waals surface area contributed by atoms with Crippen molar-refractivity contribution in [2.45, 2.75) is 69.9 Å². The largest absolute Gasteiger partial charge is 0.392 e. The first kappa shape index (κ1) is 12.5. The van der Waals surface area contributed by atoms with Gasteiger partial charge < -0.3 is 10.4 Å². The zero-order valence-corrected chi connectivity index (χ0v) is 11.1. The molecule has 4 unspecified atom stereocenters. The van der Waals surface area contributed by atoms with Gasteiger partial charge in [0.05, 0.1) is 12.0 Å². The molecule has 0 heterocycles. The lowest BCUT2D eigenvalue weighted by Crippen LogP contribution is -2.37. The highest BCUT2D eigenvalue weighted by atomic mass is 16.3. The van der Waals surface area contributed by atoms with Gasteiger partial charge in [0.2, 0.25) is 5.91 Å². The molecule has 3 fully saturated rings. The maximum Gasteiger partial charge on any atom is 0.225 e. The number of carbonyl (C=O) groups is 1. The van der Waals surface area contributed by atoms with Gasteiger partial charge in [-0.25, -0.2) is 0 Å². The van der Waals surface area contributed by atoms with Gasteiger partial charge in [-0.05, 0) is 37.5 Å². The van der Waals surface area contributed by atoms with Gasteiger partial charge in [0.1, 0.15) is 0 Å². The Morgan fingerprint density at radius 3 is 2.44 bits per heavy atom. The molecule has 3 heteroatoms. The van der Waals surface area contributed by atoms with Gasteiger partial charge in [-0.1, -0.05) is 32.1 Å². The summed E-state index contributed by atoms with van der Waals surface area (Å²) in [6.45, 7) is 0. The molecule has 0 aromatic heterocycles. The lowest BCUT2D eigenvalue weighted by molar-refractivity contribution is -0.127.